The molecule has 0 amide bonds. The van der Waals surface area contributed by atoms with E-state index in [1.807, 2.05) is 6.92 Å². The Morgan fingerprint density at radius 3 is 2.16 bits per heavy atom. The van der Waals surface area contributed by atoms with Crippen LogP contribution in [0.3, 0.4) is 0 Å². The van der Waals surface area contributed by atoms with Gasteiger partial charge in [-0.05, 0) is 48.4 Å². The summed E-state index contributed by atoms with van der Waals surface area (Å²) >= 11 is 0. The van der Waals surface area contributed by atoms with Crippen LogP contribution < -0.4 is 14.2 Å². The number of rotatable bonds is 7. The van der Waals surface area contributed by atoms with E-state index in [1.54, 1.807) is 57.7 Å². The van der Waals surface area contributed by atoms with Crippen LogP contribution >= 0.6 is 0 Å². The van der Waals surface area contributed by atoms with Gasteiger partial charge in [0, 0.05) is 18.1 Å². The summed E-state index contributed by atoms with van der Waals surface area (Å²) in [4.78, 5) is 12.6. The van der Waals surface area contributed by atoms with Crippen LogP contribution in [-0.4, -0.2) is 27.1 Å². The Balaban J connectivity index is 2.26. The van der Waals surface area contributed by atoms with Crippen molar-refractivity contribution in [3.8, 4) is 23.3 Å². The molecule has 2 aromatic rings. The highest BCUT2D eigenvalue weighted by molar-refractivity contribution is 5.97. The molecule has 0 heterocycles. The fourth-order valence-electron chi connectivity index (χ4n) is 2.62. The number of ether oxygens (including phenoxy) is 3. The second-order valence-electron chi connectivity index (χ2n) is 5.64. The van der Waals surface area contributed by atoms with Gasteiger partial charge >= 0.3 is 0 Å². The zero-order valence-corrected chi connectivity index (χ0v) is 14.8. The fraction of sp³-hybridized carbons (Fsp3) is 0.300. The second kappa shape index (κ2) is 8.20. The number of carbonyl (C=O) groups excluding carboxylic acids is 1. The van der Waals surface area contributed by atoms with Crippen molar-refractivity contribution < 1.29 is 19.0 Å². The first-order valence-electron chi connectivity index (χ1n) is 7.82. The van der Waals surface area contributed by atoms with Gasteiger partial charge in [0.15, 0.2) is 5.78 Å². The summed E-state index contributed by atoms with van der Waals surface area (Å²) in [5.74, 6) is 1.22. The molecule has 130 valence electrons. The van der Waals surface area contributed by atoms with Gasteiger partial charge in [-0.15, -0.1) is 0 Å². The topological polar surface area (TPSA) is 68.5 Å². The third-order valence-corrected chi connectivity index (χ3v) is 4.04. The minimum Gasteiger partial charge on any atom is -0.497 e. The number of aryl methyl sites for hydroxylation is 1. The number of hydrogen-bond donors (Lipinski definition) is 0. The van der Waals surface area contributed by atoms with Gasteiger partial charge in [-0.25, -0.2) is 0 Å². The van der Waals surface area contributed by atoms with Gasteiger partial charge < -0.3 is 14.2 Å². The molecule has 2 rings (SSSR count). The van der Waals surface area contributed by atoms with Crippen LogP contribution in [0.5, 0.6) is 17.2 Å². The van der Waals surface area contributed by atoms with Crippen LogP contribution in [0.15, 0.2) is 36.4 Å². The van der Waals surface area contributed by atoms with Crippen LogP contribution in [0.25, 0.3) is 0 Å². The predicted molar refractivity (Wildman–Crippen MR) is 94.6 cm³/mol. The molecule has 0 aliphatic rings. The molecule has 5 nitrogen and oxygen atoms in total. The minimum absolute atomic E-state index is 0.0819. The number of methoxy groups -OCH3 is 3. The summed E-state index contributed by atoms with van der Waals surface area (Å²) in [5, 5.41) is 9.54. The Labute approximate surface area is 147 Å². The van der Waals surface area contributed by atoms with Gasteiger partial charge in [-0.1, -0.05) is 0 Å². The van der Waals surface area contributed by atoms with E-state index in [2.05, 4.69) is 6.07 Å². The van der Waals surface area contributed by atoms with Gasteiger partial charge in [-0.2, -0.15) is 5.26 Å². The highest BCUT2D eigenvalue weighted by atomic mass is 16.5. The van der Waals surface area contributed by atoms with Gasteiger partial charge in [0.25, 0.3) is 0 Å². The number of nitrogens with zero attached hydrogens (tertiary/aromatic N) is 1. The first kappa shape index (κ1) is 18.3. The van der Waals surface area contributed by atoms with Crippen molar-refractivity contribution in [3.63, 3.8) is 0 Å². The van der Waals surface area contributed by atoms with Crippen molar-refractivity contribution >= 4 is 5.78 Å². The molecule has 0 saturated carbocycles. The molecular weight excluding hydrogens is 318 g/mol. The lowest BCUT2D eigenvalue weighted by molar-refractivity contribution is 0.0979. The van der Waals surface area contributed by atoms with Gasteiger partial charge in [-0.3, -0.25) is 4.79 Å². The Bertz CT molecular complexity index is 786. The summed E-state index contributed by atoms with van der Waals surface area (Å²) in [6.07, 6.45) is 0.0819. The van der Waals surface area contributed by atoms with E-state index in [0.29, 0.717) is 22.6 Å². The van der Waals surface area contributed by atoms with E-state index in [0.717, 1.165) is 11.3 Å². The lowest BCUT2D eigenvalue weighted by atomic mass is 9.92. The van der Waals surface area contributed by atoms with E-state index in [-0.39, 0.29) is 12.2 Å². The highest BCUT2D eigenvalue weighted by Crippen LogP contribution is 2.30. The van der Waals surface area contributed by atoms with E-state index >= 15 is 0 Å². The third-order valence-electron chi connectivity index (χ3n) is 4.04. The maximum atomic E-state index is 12.6. The molecule has 25 heavy (non-hydrogen) atoms. The molecule has 1 unspecified atom stereocenters. The number of carbonyl (C=O) groups is 1. The Morgan fingerprint density at radius 1 is 1.04 bits per heavy atom. The molecule has 0 radical (unpaired) electrons. The van der Waals surface area contributed by atoms with Crippen LogP contribution in [0.4, 0.5) is 0 Å². The predicted octanol–water partition coefficient (Wildman–Crippen LogP) is 3.90. The summed E-state index contributed by atoms with van der Waals surface area (Å²) in [7, 11) is 4.68. The molecule has 1 atom stereocenters. The van der Waals surface area contributed by atoms with Crippen molar-refractivity contribution in [1.29, 1.82) is 5.26 Å². The smallest absolute Gasteiger partial charge is 0.164 e. The molecule has 0 aliphatic heterocycles. The second-order valence-corrected chi connectivity index (χ2v) is 5.64. The molecule has 5 heteroatoms. The van der Waals surface area contributed by atoms with Crippen molar-refractivity contribution in [3.05, 3.63) is 53.1 Å². The summed E-state index contributed by atoms with van der Waals surface area (Å²) in [5.41, 5.74) is 2.13. The SMILES string of the molecule is COc1cc(OC)cc(C(C#N)CC(=O)c2ccc(OC)c(C)c2)c1. The van der Waals surface area contributed by atoms with E-state index in [4.69, 9.17) is 14.2 Å². The molecule has 0 spiro atoms. The fourth-order valence-corrected chi connectivity index (χ4v) is 2.62. The molecule has 0 fully saturated rings. The lowest BCUT2D eigenvalue weighted by Gasteiger charge is -2.13. The third kappa shape index (κ3) is 4.30. The van der Waals surface area contributed by atoms with Crippen molar-refractivity contribution in [1.82, 2.24) is 0 Å². The van der Waals surface area contributed by atoms with E-state index in [9.17, 15) is 10.1 Å². The first-order chi connectivity index (χ1) is 12.0. The quantitative estimate of drug-likeness (QED) is 0.716. The van der Waals surface area contributed by atoms with Gasteiger partial charge in [0.2, 0.25) is 0 Å². The van der Waals surface area contributed by atoms with Crippen LogP contribution in [0.2, 0.25) is 0 Å². The molecule has 0 aliphatic carbocycles. The van der Waals surface area contributed by atoms with Crippen molar-refractivity contribution in [2.24, 2.45) is 0 Å². The van der Waals surface area contributed by atoms with Gasteiger partial charge in [0.1, 0.15) is 17.2 Å². The Kier molecular flexibility index (Phi) is 6.02. The lowest BCUT2D eigenvalue weighted by Crippen LogP contribution is -2.07. The first-order valence-corrected chi connectivity index (χ1v) is 7.82. The van der Waals surface area contributed by atoms with Gasteiger partial charge in [0.05, 0.1) is 33.3 Å². The largest absolute Gasteiger partial charge is 0.497 e. The number of ketones is 1. The molecule has 0 saturated heterocycles. The van der Waals surface area contributed by atoms with E-state index in [1.165, 1.54) is 0 Å². The van der Waals surface area contributed by atoms with Crippen LogP contribution in [-0.2, 0) is 0 Å². The molecule has 0 aromatic heterocycles. The summed E-state index contributed by atoms with van der Waals surface area (Å²) in [6, 6.07) is 12.7. The number of nitriles is 1. The number of hydrogen-bond acceptors (Lipinski definition) is 5. The minimum atomic E-state index is -0.584. The summed E-state index contributed by atoms with van der Waals surface area (Å²) in [6.45, 7) is 1.88. The molecular formula is C20H21NO4. The van der Waals surface area contributed by atoms with Crippen molar-refractivity contribution in [2.75, 3.05) is 21.3 Å². The highest BCUT2D eigenvalue weighted by Gasteiger charge is 2.19. The zero-order chi connectivity index (χ0) is 18.4. The molecule has 0 bridgehead atoms. The average molecular weight is 339 g/mol. The standard InChI is InChI=1S/C20H21NO4/c1-13-7-14(5-6-20(13)25-4)19(22)10-16(12-21)15-8-17(23-2)11-18(9-15)24-3/h5-9,11,16H,10H2,1-4H3. The number of benzene rings is 2. The molecule has 2 aromatic carbocycles. The van der Waals surface area contributed by atoms with Crippen LogP contribution in [0.1, 0.15) is 33.8 Å². The van der Waals surface area contributed by atoms with Crippen molar-refractivity contribution in [2.45, 2.75) is 19.3 Å². The Morgan fingerprint density at radius 2 is 1.68 bits per heavy atom. The van der Waals surface area contributed by atoms with Crippen LogP contribution in [0, 0.1) is 18.3 Å². The number of Topliss-reactive ketones (excluding diaryl/α,β-unsaturated/α-hetero) is 1. The monoisotopic (exact) mass is 339 g/mol. The maximum Gasteiger partial charge on any atom is 0.164 e. The average Bonchev–Trinajstić information content (AvgIpc) is 2.65. The zero-order valence-electron chi connectivity index (χ0n) is 14.8. The summed E-state index contributed by atoms with van der Waals surface area (Å²) < 4.78 is 15.7. The van der Waals surface area contributed by atoms with E-state index < -0.39 is 5.92 Å². The maximum absolute atomic E-state index is 12.6. The normalized spacial score (nSPS) is 11.3. The molecule has 0 N–H and O–H groups in total. The Hall–Kier alpha value is -3.00.